The van der Waals surface area contributed by atoms with Gasteiger partial charge in [-0.1, -0.05) is 13.0 Å². The van der Waals surface area contributed by atoms with Crippen molar-refractivity contribution in [3.05, 3.63) is 12.7 Å². The molecule has 0 radical (unpaired) electrons. The van der Waals surface area contributed by atoms with E-state index in [0.717, 1.165) is 0 Å². The summed E-state index contributed by atoms with van der Waals surface area (Å²) in [6.45, 7) is 5.90. The number of nitrogens with zero attached hydrogens (tertiary/aromatic N) is 1. The molecule has 0 aliphatic rings. The van der Waals surface area contributed by atoms with Gasteiger partial charge in [-0.15, -0.1) is 6.58 Å². The Kier molecular flexibility index (Phi) is 6.37. The number of carbonyl (C=O) groups is 2. The Labute approximate surface area is 89.8 Å². The second-order valence-electron chi connectivity index (χ2n) is 3.19. The van der Waals surface area contributed by atoms with Crippen LogP contribution in [-0.2, 0) is 9.59 Å². The number of carboxylic acids is 1. The van der Waals surface area contributed by atoms with Gasteiger partial charge in [-0.2, -0.15) is 0 Å². The van der Waals surface area contributed by atoms with Gasteiger partial charge >= 0.3 is 5.97 Å². The third-order valence-corrected chi connectivity index (χ3v) is 2.10. The minimum absolute atomic E-state index is 0.131. The monoisotopic (exact) mass is 214 g/mol. The third-order valence-electron chi connectivity index (χ3n) is 2.10. The standard InChI is InChI=1S/C10H18N2O3/c1-4-6-11-7-9(13)12(3)8(5-2)10(14)15/h4,8,11H,1,5-7H2,2-3H3,(H,14,15). The summed E-state index contributed by atoms with van der Waals surface area (Å²) >= 11 is 0. The highest BCUT2D eigenvalue weighted by atomic mass is 16.4. The van der Waals surface area contributed by atoms with E-state index in [9.17, 15) is 9.59 Å². The molecule has 5 nitrogen and oxygen atoms in total. The normalized spacial score (nSPS) is 11.9. The predicted molar refractivity (Wildman–Crippen MR) is 57.6 cm³/mol. The fourth-order valence-electron chi connectivity index (χ4n) is 1.19. The Morgan fingerprint density at radius 1 is 1.60 bits per heavy atom. The number of carboxylic acid groups (broad SMARTS) is 1. The molecule has 15 heavy (non-hydrogen) atoms. The van der Waals surface area contributed by atoms with Crippen molar-refractivity contribution in [2.75, 3.05) is 20.1 Å². The molecule has 0 aromatic heterocycles. The maximum atomic E-state index is 11.5. The highest BCUT2D eigenvalue weighted by molar-refractivity contribution is 5.84. The van der Waals surface area contributed by atoms with Gasteiger partial charge < -0.3 is 15.3 Å². The Balaban J connectivity index is 4.16. The molecule has 0 bridgehead atoms. The van der Waals surface area contributed by atoms with Crippen molar-refractivity contribution in [1.82, 2.24) is 10.2 Å². The van der Waals surface area contributed by atoms with Gasteiger partial charge in [-0.05, 0) is 6.42 Å². The van der Waals surface area contributed by atoms with Crippen LogP contribution in [0.2, 0.25) is 0 Å². The summed E-state index contributed by atoms with van der Waals surface area (Å²) in [4.78, 5) is 23.5. The first-order chi connectivity index (χ1) is 7.04. The van der Waals surface area contributed by atoms with Crippen LogP contribution in [0.3, 0.4) is 0 Å². The number of likely N-dealkylation sites (N-methyl/N-ethyl adjacent to an activating group) is 1. The summed E-state index contributed by atoms with van der Waals surface area (Å²) < 4.78 is 0. The number of carbonyl (C=O) groups excluding carboxylic acids is 1. The Bertz CT molecular complexity index is 241. The van der Waals surface area contributed by atoms with Crippen molar-refractivity contribution in [1.29, 1.82) is 0 Å². The van der Waals surface area contributed by atoms with E-state index in [0.29, 0.717) is 13.0 Å². The van der Waals surface area contributed by atoms with Crippen LogP contribution in [0, 0.1) is 0 Å². The molecule has 0 saturated heterocycles. The van der Waals surface area contributed by atoms with Gasteiger partial charge in [-0.25, -0.2) is 4.79 Å². The molecule has 0 rings (SSSR count). The minimum atomic E-state index is -0.975. The van der Waals surface area contributed by atoms with E-state index < -0.39 is 12.0 Å². The molecule has 0 aliphatic carbocycles. The number of nitrogens with one attached hydrogen (secondary N) is 1. The highest BCUT2D eigenvalue weighted by Crippen LogP contribution is 2.01. The SMILES string of the molecule is C=CCNCC(=O)N(C)C(CC)C(=O)O. The number of hydrogen-bond acceptors (Lipinski definition) is 3. The number of hydrogen-bond donors (Lipinski definition) is 2. The van der Waals surface area contributed by atoms with Gasteiger partial charge in [-0.3, -0.25) is 4.79 Å². The van der Waals surface area contributed by atoms with Crippen molar-refractivity contribution in [2.45, 2.75) is 19.4 Å². The fourth-order valence-corrected chi connectivity index (χ4v) is 1.19. The van der Waals surface area contributed by atoms with Crippen LogP contribution in [-0.4, -0.2) is 48.1 Å². The van der Waals surface area contributed by atoms with Crippen LogP contribution in [0.5, 0.6) is 0 Å². The molecular formula is C10H18N2O3. The van der Waals surface area contributed by atoms with Crippen LogP contribution in [0.15, 0.2) is 12.7 Å². The highest BCUT2D eigenvalue weighted by Gasteiger charge is 2.23. The number of rotatable bonds is 7. The van der Waals surface area contributed by atoms with E-state index in [1.165, 1.54) is 11.9 Å². The van der Waals surface area contributed by atoms with Gasteiger partial charge in [0.1, 0.15) is 6.04 Å². The van der Waals surface area contributed by atoms with Crippen molar-refractivity contribution in [3.63, 3.8) is 0 Å². The first-order valence-corrected chi connectivity index (χ1v) is 4.84. The molecular weight excluding hydrogens is 196 g/mol. The Morgan fingerprint density at radius 3 is 2.60 bits per heavy atom. The van der Waals surface area contributed by atoms with E-state index in [4.69, 9.17) is 5.11 Å². The minimum Gasteiger partial charge on any atom is -0.480 e. The molecule has 0 aromatic carbocycles. The van der Waals surface area contributed by atoms with Gasteiger partial charge in [0.2, 0.25) is 5.91 Å². The van der Waals surface area contributed by atoms with Gasteiger partial charge in [0, 0.05) is 13.6 Å². The molecule has 0 aliphatic heterocycles. The summed E-state index contributed by atoms with van der Waals surface area (Å²) in [6, 6.07) is -0.747. The lowest BCUT2D eigenvalue weighted by atomic mass is 10.2. The van der Waals surface area contributed by atoms with Crippen LogP contribution < -0.4 is 5.32 Å². The van der Waals surface area contributed by atoms with E-state index in [2.05, 4.69) is 11.9 Å². The largest absolute Gasteiger partial charge is 0.480 e. The van der Waals surface area contributed by atoms with Crippen molar-refractivity contribution in [2.24, 2.45) is 0 Å². The molecule has 0 fully saturated rings. The van der Waals surface area contributed by atoms with Crippen LogP contribution in [0.1, 0.15) is 13.3 Å². The quantitative estimate of drug-likeness (QED) is 0.465. The van der Waals surface area contributed by atoms with E-state index in [1.807, 2.05) is 0 Å². The molecule has 86 valence electrons. The average molecular weight is 214 g/mol. The van der Waals surface area contributed by atoms with Crippen LogP contribution >= 0.6 is 0 Å². The van der Waals surface area contributed by atoms with Crippen molar-refractivity contribution in [3.8, 4) is 0 Å². The summed E-state index contributed by atoms with van der Waals surface area (Å²) in [6.07, 6.45) is 2.04. The average Bonchev–Trinajstić information content (AvgIpc) is 2.18. The molecule has 2 N–H and O–H groups in total. The molecule has 5 heteroatoms. The van der Waals surface area contributed by atoms with Crippen molar-refractivity contribution < 1.29 is 14.7 Å². The third kappa shape index (κ3) is 4.60. The van der Waals surface area contributed by atoms with Gasteiger partial charge in [0.15, 0.2) is 0 Å². The fraction of sp³-hybridized carbons (Fsp3) is 0.600. The van der Waals surface area contributed by atoms with Gasteiger partial charge in [0.25, 0.3) is 0 Å². The van der Waals surface area contributed by atoms with E-state index in [-0.39, 0.29) is 12.5 Å². The smallest absolute Gasteiger partial charge is 0.326 e. The molecule has 1 atom stereocenters. The number of amides is 1. The molecule has 0 saturated carbocycles. The second-order valence-corrected chi connectivity index (χ2v) is 3.19. The first-order valence-electron chi connectivity index (χ1n) is 4.84. The molecule has 0 heterocycles. The predicted octanol–water partition coefficient (Wildman–Crippen LogP) is 0.0836. The lowest BCUT2D eigenvalue weighted by Gasteiger charge is -2.23. The zero-order valence-electron chi connectivity index (χ0n) is 9.19. The van der Waals surface area contributed by atoms with Crippen LogP contribution in [0.25, 0.3) is 0 Å². The summed E-state index contributed by atoms with van der Waals surface area (Å²) in [5.41, 5.74) is 0. The summed E-state index contributed by atoms with van der Waals surface area (Å²) in [5, 5.41) is 11.7. The lowest BCUT2D eigenvalue weighted by Crippen LogP contribution is -2.45. The zero-order valence-corrected chi connectivity index (χ0v) is 9.19. The second kappa shape index (κ2) is 7.00. The lowest BCUT2D eigenvalue weighted by molar-refractivity contribution is -0.148. The number of aliphatic carboxylic acids is 1. The zero-order chi connectivity index (χ0) is 11.8. The molecule has 0 aromatic rings. The maximum Gasteiger partial charge on any atom is 0.326 e. The van der Waals surface area contributed by atoms with Crippen LogP contribution in [0.4, 0.5) is 0 Å². The molecule has 1 amide bonds. The van der Waals surface area contributed by atoms with E-state index in [1.54, 1.807) is 13.0 Å². The topological polar surface area (TPSA) is 69.6 Å². The maximum absolute atomic E-state index is 11.5. The molecule has 0 spiro atoms. The summed E-state index contributed by atoms with van der Waals surface area (Å²) in [7, 11) is 1.50. The Morgan fingerprint density at radius 2 is 2.20 bits per heavy atom. The van der Waals surface area contributed by atoms with Crippen molar-refractivity contribution >= 4 is 11.9 Å². The summed E-state index contributed by atoms with van der Waals surface area (Å²) in [5.74, 6) is -1.21. The molecule has 1 unspecified atom stereocenters. The first kappa shape index (κ1) is 13.6. The van der Waals surface area contributed by atoms with E-state index >= 15 is 0 Å². The Hall–Kier alpha value is -1.36. The van der Waals surface area contributed by atoms with Gasteiger partial charge in [0.05, 0.1) is 6.54 Å².